The quantitative estimate of drug-likeness (QED) is 0.655. The van der Waals surface area contributed by atoms with Gasteiger partial charge in [-0.25, -0.2) is 4.39 Å². The smallest absolute Gasteiger partial charge is 0.306 e. The van der Waals surface area contributed by atoms with Gasteiger partial charge in [0, 0.05) is 20.0 Å². The highest BCUT2D eigenvalue weighted by atomic mass is 35.5. The van der Waals surface area contributed by atoms with Crippen LogP contribution < -0.4 is 0 Å². The fraction of sp³-hybridized carbons (Fsp3) is 0.263. The molecule has 2 aromatic rings. The Balaban J connectivity index is 1.75. The molecule has 1 amide bonds. The van der Waals surface area contributed by atoms with Crippen LogP contribution in [0.15, 0.2) is 42.5 Å². The third kappa shape index (κ3) is 6.32. The molecule has 2 aromatic carbocycles. The van der Waals surface area contributed by atoms with Gasteiger partial charge in [0.05, 0.1) is 10.0 Å². The molecule has 4 nitrogen and oxygen atoms in total. The van der Waals surface area contributed by atoms with Crippen LogP contribution in [0.2, 0.25) is 10.0 Å². The van der Waals surface area contributed by atoms with Crippen LogP contribution >= 0.6 is 23.2 Å². The molecule has 0 aliphatic rings. The Morgan fingerprint density at radius 2 is 1.69 bits per heavy atom. The maximum absolute atomic E-state index is 12.8. The maximum Gasteiger partial charge on any atom is 0.306 e. The molecule has 0 heterocycles. The van der Waals surface area contributed by atoms with Crippen molar-refractivity contribution in [2.75, 3.05) is 13.7 Å². The van der Waals surface area contributed by atoms with Crippen molar-refractivity contribution in [2.24, 2.45) is 0 Å². The molecule has 7 heteroatoms. The van der Waals surface area contributed by atoms with Crippen molar-refractivity contribution in [1.29, 1.82) is 0 Å². The zero-order valence-corrected chi connectivity index (χ0v) is 15.7. The number of amides is 1. The van der Waals surface area contributed by atoms with Gasteiger partial charge in [-0.05, 0) is 41.8 Å². The van der Waals surface area contributed by atoms with Gasteiger partial charge in [0.1, 0.15) is 5.82 Å². The molecule has 0 unspecified atom stereocenters. The lowest BCUT2D eigenvalue weighted by Crippen LogP contribution is -2.30. The minimum absolute atomic E-state index is 0.120. The van der Waals surface area contributed by atoms with Gasteiger partial charge < -0.3 is 9.64 Å². The highest BCUT2D eigenvalue weighted by Gasteiger charge is 2.13. The third-order valence-corrected chi connectivity index (χ3v) is 4.46. The highest BCUT2D eigenvalue weighted by Crippen LogP contribution is 2.23. The lowest BCUT2D eigenvalue weighted by molar-refractivity contribution is -0.151. The van der Waals surface area contributed by atoms with Crippen LogP contribution in [-0.4, -0.2) is 30.4 Å². The number of nitrogens with zero attached hydrogens (tertiary/aromatic N) is 1. The number of carbonyl (C=O) groups excluding carboxylic acids is 2. The highest BCUT2D eigenvalue weighted by molar-refractivity contribution is 6.42. The topological polar surface area (TPSA) is 46.6 Å². The first-order chi connectivity index (χ1) is 12.3. The first kappa shape index (κ1) is 20.2. The Bertz CT molecular complexity index is 781. The molecule has 0 N–H and O–H groups in total. The molecule has 0 radical (unpaired) electrons. The first-order valence-corrected chi connectivity index (χ1v) is 8.68. The summed E-state index contributed by atoms with van der Waals surface area (Å²) in [6.07, 6.45) is 0.543. The zero-order valence-electron chi connectivity index (χ0n) is 14.2. The van der Waals surface area contributed by atoms with Gasteiger partial charge in [-0.2, -0.15) is 0 Å². The molecule has 0 saturated heterocycles. The summed E-state index contributed by atoms with van der Waals surface area (Å²) in [5, 5.41) is 0.858. The van der Waals surface area contributed by atoms with Crippen molar-refractivity contribution in [1.82, 2.24) is 4.90 Å². The molecule has 0 aliphatic heterocycles. The minimum atomic E-state index is -0.481. The van der Waals surface area contributed by atoms with Gasteiger partial charge in [0.15, 0.2) is 6.61 Å². The number of rotatable bonds is 7. The van der Waals surface area contributed by atoms with E-state index in [1.807, 2.05) is 0 Å². The van der Waals surface area contributed by atoms with Gasteiger partial charge in [-0.15, -0.1) is 0 Å². The summed E-state index contributed by atoms with van der Waals surface area (Å²) in [5.41, 5.74) is 1.64. The van der Waals surface area contributed by atoms with E-state index in [2.05, 4.69) is 0 Å². The average molecular weight is 398 g/mol. The van der Waals surface area contributed by atoms with Crippen molar-refractivity contribution < 1.29 is 18.7 Å². The number of hydrogen-bond acceptors (Lipinski definition) is 3. The number of halogens is 3. The summed E-state index contributed by atoms with van der Waals surface area (Å²) >= 11 is 11.8. The molecule has 0 saturated carbocycles. The van der Waals surface area contributed by atoms with Crippen molar-refractivity contribution in [3.63, 3.8) is 0 Å². The van der Waals surface area contributed by atoms with E-state index < -0.39 is 5.97 Å². The number of likely N-dealkylation sites (N-methyl/N-ethyl adjacent to an activating group) is 1. The van der Waals surface area contributed by atoms with E-state index in [0.717, 1.165) is 11.1 Å². The second-order valence-corrected chi connectivity index (χ2v) is 6.60. The molecule has 26 heavy (non-hydrogen) atoms. The largest absolute Gasteiger partial charge is 0.456 e. The lowest BCUT2D eigenvalue weighted by Gasteiger charge is -2.17. The monoisotopic (exact) mass is 397 g/mol. The summed E-state index contributed by atoms with van der Waals surface area (Å²) in [6, 6.07) is 11.0. The van der Waals surface area contributed by atoms with Crippen LogP contribution in [0.1, 0.15) is 17.5 Å². The lowest BCUT2D eigenvalue weighted by atomic mass is 10.1. The van der Waals surface area contributed by atoms with Crippen molar-refractivity contribution >= 4 is 35.1 Å². The average Bonchev–Trinajstić information content (AvgIpc) is 2.62. The Morgan fingerprint density at radius 3 is 2.35 bits per heavy atom. The maximum atomic E-state index is 12.8. The van der Waals surface area contributed by atoms with Gasteiger partial charge in [0.2, 0.25) is 0 Å². The van der Waals surface area contributed by atoms with E-state index in [4.69, 9.17) is 27.9 Å². The van der Waals surface area contributed by atoms with Crippen LogP contribution in [0, 0.1) is 5.82 Å². The van der Waals surface area contributed by atoms with E-state index in [1.165, 1.54) is 17.0 Å². The number of carbonyl (C=O) groups is 2. The molecule has 0 aliphatic carbocycles. The van der Waals surface area contributed by atoms with E-state index in [9.17, 15) is 14.0 Å². The molecule has 0 atom stereocenters. The summed E-state index contributed by atoms with van der Waals surface area (Å²) in [6.45, 7) is -0.0110. The van der Waals surface area contributed by atoms with Crippen LogP contribution in [0.3, 0.4) is 0 Å². The predicted molar refractivity (Wildman–Crippen MR) is 98.6 cm³/mol. The van der Waals surface area contributed by atoms with Crippen LogP contribution in [0.4, 0.5) is 4.39 Å². The van der Waals surface area contributed by atoms with Crippen LogP contribution in [0.5, 0.6) is 0 Å². The number of ether oxygens (including phenoxy) is 1. The molecule has 138 valence electrons. The summed E-state index contributed by atoms with van der Waals surface area (Å²) in [5.74, 6) is -1.14. The molecular formula is C19H18Cl2FNO3. The Hall–Kier alpha value is -2.11. The van der Waals surface area contributed by atoms with Gasteiger partial charge >= 0.3 is 5.97 Å². The Morgan fingerprint density at radius 1 is 1.04 bits per heavy atom. The molecular weight excluding hydrogens is 380 g/mol. The van der Waals surface area contributed by atoms with Gasteiger partial charge in [-0.3, -0.25) is 9.59 Å². The molecule has 2 rings (SSSR count). The van der Waals surface area contributed by atoms with E-state index >= 15 is 0 Å². The normalized spacial score (nSPS) is 10.5. The fourth-order valence-corrected chi connectivity index (χ4v) is 2.54. The first-order valence-electron chi connectivity index (χ1n) is 7.93. The summed E-state index contributed by atoms with van der Waals surface area (Å²) in [7, 11) is 1.61. The van der Waals surface area contributed by atoms with Crippen molar-refractivity contribution in [3.05, 3.63) is 69.5 Å². The molecule has 0 bridgehead atoms. The minimum Gasteiger partial charge on any atom is -0.456 e. The predicted octanol–water partition coefficient (Wildman–Crippen LogP) is 4.27. The summed E-state index contributed by atoms with van der Waals surface area (Å²) in [4.78, 5) is 25.3. The standard InChI is InChI=1S/C19H18Cl2FNO3/c1-23(11-14-4-8-16(20)17(21)10-14)18(24)12-26-19(25)9-5-13-2-6-15(22)7-3-13/h2-4,6-8,10H,5,9,11-12H2,1H3. The van der Waals surface area contributed by atoms with Crippen molar-refractivity contribution in [3.8, 4) is 0 Å². The summed E-state index contributed by atoms with van der Waals surface area (Å²) < 4.78 is 17.8. The van der Waals surface area contributed by atoms with Gasteiger partial charge in [0.25, 0.3) is 5.91 Å². The van der Waals surface area contributed by atoms with Crippen LogP contribution in [0.25, 0.3) is 0 Å². The van der Waals surface area contributed by atoms with E-state index in [-0.39, 0.29) is 24.8 Å². The number of esters is 1. The molecule has 0 aromatic heterocycles. The van der Waals surface area contributed by atoms with E-state index in [0.29, 0.717) is 23.0 Å². The second-order valence-electron chi connectivity index (χ2n) is 5.79. The van der Waals surface area contributed by atoms with E-state index in [1.54, 1.807) is 37.4 Å². The van der Waals surface area contributed by atoms with Crippen LogP contribution in [-0.2, 0) is 27.3 Å². The van der Waals surface area contributed by atoms with Crippen molar-refractivity contribution in [2.45, 2.75) is 19.4 Å². The van der Waals surface area contributed by atoms with Gasteiger partial charge in [-0.1, -0.05) is 41.4 Å². The third-order valence-electron chi connectivity index (χ3n) is 3.72. The molecule has 0 fully saturated rings. The second kappa shape index (κ2) is 9.55. The SMILES string of the molecule is CN(Cc1ccc(Cl)c(Cl)c1)C(=O)COC(=O)CCc1ccc(F)cc1. The molecule has 0 spiro atoms. The number of hydrogen-bond donors (Lipinski definition) is 0. The Kier molecular flexibility index (Phi) is 7.42. The fourth-order valence-electron chi connectivity index (χ4n) is 2.22. The number of aryl methyl sites for hydroxylation is 1. The Labute approximate surface area is 161 Å². The number of benzene rings is 2. The zero-order chi connectivity index (χ0) is 19.1.